The van der Waals surface area contributed by atoms with Crippen LogP contribution in [-0.4, -0.2) is 37.7 Å². The number of fused-ring (bicyclic) bond motifs is 1. The zero-order chi connectivity index (χ0) is 18.3. The molecule has 136 valence electrons. The Hall–Kier alpha value is -1.38. The third-order valence-corrected chi connectivity index (χ3v) is 4.91. The van der Waals surface area contributed by atoms with Crippen LogP contribution in [-0.2, 0) is 0 Å². The molecule has 0 heterocycles. The standard InChI is InChI=1S/C11H26N.C10H8.CH5N/c1-5-9-10-11-12(6-2,7-3)8-4;1-2-6-10-8-4-3-7-9(10)5-1;1-2/h5-11H2,1-4H3;1-8H;2H2,1H3/q+1;;. The number of nitrogens with zero attached hydrogens (tertiary/aromatic N) is 1. The Balaban J connectivity index is 0.000000402. The minimum absolute atomic E-state index is 1.30. The summed E-state index contributed by atoms with van der Waals surface area (Å²) in [5.74, 6) is 0. The monoisotopic (exact) mass is 331 g/mol. The van der Waals surface area contributed by atoms with Gasteiger partial charge < -0.3 is 10.2 Å². The third kappa shape index (κ3) is 7.94. The Bertz CT molecular complexity index is 444. The highest BCUT2D eigenvalue weighted by atomic mass is 15.3. The van der Waals surface area contributed by atoms with Crippen molar-refractivity contribution in [2.45, 2.75) is 47.0 Å². The Kier molecular flexibility index (Phi) is 13.2. The van der Waals surface area contributed by atoms with E-state index in [4.69, 9.17) is 0 Å². The van der Waals surface area contributed by atoms with Crippen molar-refractivity contribution in [1.29, 1.82) is 0 Å². The van der Waals surface area contributed by atoms with E-state index < -0.39 is 0 Å². The van der Waals surface area contributed by atoms with Gasteiger partial charge in [0.25, 0.3) is 0 Å². The quantitative estimate of drug-likeness (QED) is 0.528. The molecule has 0 radical (unpaired) electrons. The summed E-state index contributed by atoms with van der Waals surface area (Å²) in [5, 5.41) is 2.62. The smallest absolute Gasteiger partial charge is 0.0786 e. The molecule has 0 aliphatic heterocycles. The molecule has 0 atom stereocenters. The van der Waals surface area contributed by atoms with Gasteiger partial charge in [0.1, 0.15) is 0 Å². The van der Waals surface area contributed by atoms with E-state index in [1.165, 1.54) is 67.7 Å². The summed E-state index contributed by atoms with van der Waals surface area (Å²) in [7, 11) is 1.50. The highest BCUT2D eigenvalue weighted by Gasteiger charge is 2.18. The lowest BCUT2D eigenvalue weighted by Crippen LogP contribution is -2.48. The van der Waals surface area contributed by atoms with Crippen LogP contribution in [0.5, 0.6) is 0 Å². The summed E-state index contributed by atoms with van der Waals surface area (Å²) in [4.78, 5) is 0. The number of benzene rings is 2. The Morgan fingerprint density at radius 2 is 1.04 bits per heavy atom. The molecular formula is C22H39N2+. The molecule has 2 aromatic carbocycles. The molecule has 0 saturated carbocycles. The lowest BCUT2D eigenvalue weighted by molar-refractivity contribution is -0.923. The predicted molar refractivity (Wildman–Crippen MR) is 110 cm³/mol. The van der Waals surface area contributed by atoms with Crippen LogP contribution in [0.2, 0.25) is 0 Å². The molecule has 0 aliphatic carbocycles. The Labute approximate surface area is 150 Å². The van der Waals surface area contributed by atoms with Crippen LogP contribution in [0, 0.1) is 0 Å². The van der Waals surface area contributed by atoms with Gasteiger partial charge in [-0.15, -0.1) is 0 Å². The van der Waals surface area contributed by atoms with Crippen LogP contribution in [0.25, 0.3) is 10.8 Å². The lowest BCUT2D eigenvalue weighted by Gasteiger charge is -2.35. The van der Waals surface area contributed by atoms with Gasteiger partial charge in [0.15, 0.2) is 0 Å². The van der Waals surface area contributed by atoms with Crippen molar-refractivity contribution in [3.05, 3.63) is 48.5 Å². The van der Waals surface area contributed by atoms with Crippen LogP contribution in [0.15, 0.2) is 48.5 Å². The fourth-order valence-corrected chi connectivity index (χ4v) is 2.98. The summed E-state index contributed by atoms with van der Waals surface area (Å²) in [6.07, 6.45) is 4.16. The number of quaternary nitrogens is 1. The molecule has 2 N–H and O–H groups in total. The first-order valence-electron chi connectivity index (χ1n) is 9.58. The second-order valence-electron chi connectivity index (χ2n) is 6.07. The molecule has 0 amide bonds. The highest BCUT2D eigenvalue weighted by molar-refractivity contribution is 5.81. The maximum atomic E-state index is 4.50. The first-order valence-corrected chi connectivity index (χ1v) is 9.58. The topological polar surface area (TPSA) is 26.0 Å². The van der Waals surface area contributed by atoms with Crippen LogP contribution >= 0.6 is 0 Å². The average molecular weight is 332 g/mol. The fourth-order valence-electron chi connectivity index (χ4n) is 2.98. The average Bonchev–Trinajstić information content (AvgIpc) is 2.68. The normalized spacial score (nSPS) is 10.4. The van der Waals surface area contributed by atoms with E-state index in [0.717, 1.165) is 0 Å². The van der Waals surface area contributed by atoms with Gasteiger partial charge in [-0.1, -0.05) is 61.9 Å². The van der Waals surface area contributed by atoms with Gasteiger partial charge in [0.2, 0.25) is 0 Å². The summed E-state index contributed by atoms with van der Waals surface area (Å²) in [6, 6.07) is 16.7. The molecule has 0 unspecified atom stereocenters. The second-order valence-corrected chi connectivity index (χ2v) is 6.07. The van der Waals surface area contributed by atoms with Crippen LogP contribution in [0.4, 0.5) is 0 Å². The molecule has 0 aromatic heterocycles. The van der Waals surface area contributed by atoms with Gasteiger partial charge in [-0.05, 0) is 51.4 Å². The second kappa shape index (κ2) is 14.0. The van der Waals surface area contributed by atoms with E-state index in [9.17, 15) is 0 Å². The Morgan fingerprint density at radius 3 is 1.33 bits per heavy atom. The van der Waals surface area contributed by atoms with Crippen molar-refractivity contribution in [3.8, 4) is 0 Å². The number of hydrogen-bond donors (Lipinski definition) is 1. The predicted octanol–water partition coefficient (Wildman–Crippen LogP) is 5.47. The molecule has 2 aromatic rings. The van der Waals surface area contributed by atoms with Crippen molar-refractivity contribution >= 4 is 10.8 Å². The third-order valence-electron chi connectivity index (χ3n) is 4.91. The maximum absolute atomic E-state index is 4.50. The van der Waals surface area contributed by atoms with E-state index >= 15 is 0 Å². The molecule has 0 spiro atoms. The van der Waals surface area contributed by atoms with Crippen molar-refractivity contribution < 1.29 is 4.48 Å². The minimum atomic E-state index is 1.30. The molecule has 0 saturated heterocycles. The molecule has 2 nitrogen and oxygen atoms in total. The van der Waals surface area contributed by atoms with Gasteiger partial charge in [-0.3, -0.25) is 0 Å². The molecular weight excluding hydrogens is 292 g/mol. The molecule has 2 heteroatoms. The summed E-state index contributed by atoms with van der Waals surface area (Å²) < 4.78 is 1.32. The molecule has 2 rings (SSSR count). The van der Waals surface area contributed by atoms with Crippen LogP contribution < -0.4 is 5.73 Å². The zero-order valence-corrected chi connectivity index (χ0v) is 16.6. The first kappa shape index (κ1) is 22.6. The van der Waals surface area contributed by atoms with Crippen molar-refractivity contribution in [2.24, 2.45) is 5.73 Å². The van der Waals surface area contributed by atoms with Crippen molar-refractivity contribution in [3.63, 3.8) is 0 Å². The van der Waals surface area contributed by atoms with Crippen molar-refractivity contribution in [1.82, 2.24) is 0 Å². The molecule has 24 heavy (non-hydrogen) atoms. The van der Waals surface area contributed by atoms with Gasteiger partial charge in [0.05, 0.1) is 26.2 Å². The van der Waals surface area contributed by atoms with Gasteiger partial charge in [-0.25, -0.2) is 0 Å². The fraction of sp³-hybridized carbons (Fsp3) is 0.545. The minimum Gasteiger partial charge on any atom is -0.333 e. The van der Waals surface area contributed by atoms with E-state index in [2.05, 4.69) is 82.0 Å². The first-order chi connectivity index (χ1) is 11.7. The van der Waals surface area contributed by atoms with Gasteiger partial charge in [0, 0.05) is 0 Å². The molecule has 0 aliphatic rings. The van der Waals surface area contributed by atoms with Gasteiger partial charge >= 0.3 is 0 Å². The molecule has 0 fully saturated rings. The molecule has 0 bridgehead atoms. The SMILES string of the molecule is CCCCC[N+](CC)(CC)CC.CN.c1ccc2ccccc2c1. The van der Waals surface area contributed by atoms with E-state index in [-0.39, 0.29) is 0 Å². The maximum Gasteiger partial charge on any atom is 0.0786 e. The summed E-state index contributed by atoms with van der Waals surface area (Å²) >= 11 is 0. The highest BCUT2D eigenvalue weighted by Crippen LogP contribution is 2.11. The lowest BCUT2D eigenvalue weighted by atomic mass is 10.1. The van der Waals surface area contributed by atoms with Crippen LogP contribution in [0.3, 0.4) is 0 Å². The van der Waals surface area contributed by atoms with Gasteiger partial charge in [-0.2, -0.15) is 0 Å². The summed E-state index contributed by atoms with van der Waals surface area (Å²) in [6.45, 7) is 14.5. The zero-order valence-electron chi connectivity index (χ0n) is 16.6. The summed E-state index contributed by atoms with van der Waals surface area (Å²) in [5.41, 5.74) is 4.50. The van der Waals surface area contributed by atoms with E-state index in [0.29, 0.717) is 0 Å². The van der Waals surface area contributed by atoms with Crippen LogP contribution in [0.1, 0.15) is 47.0 Å². The number of hydrogen-bond acceptors (Lipinski definition) is 1. The number of unbranched alkanes of at least 4 members (excludes halogenated alkanes) is 2. The number of nitrogens with two attached hydrogens (primary N) is 1. The van der Waals surface area contributed by atoms with E-state index in [1.807, 2.05) is 0 Å². The largest absolute Gasteiger partial charge is 0.333 e. The van der Waals surface area contributed by atoms with Crippen molar-refractivity contribution in [2.75, 3.05) is 33.2 Å². The van der Waals surface area contributed by atoms with E-state index in [1.54, 1.807) is 0 Å². The Morgan fingerprint density at radius 1 is 0.667 bits per heavy atom. The number of rotatable bonds is 7.